The van der Waals surface area contributed by atoms with Crippen molar-refractivity contribution in [2.75, 3.05) is 0 Å². The van der Waals surface area contributed by atoms with Crippen LogP contribution in [0, 0.1) is 0 Å². The van der Waals surface area contributed by atoms with Crippen molar-refractivity contribution in [3.63, 3.8) is 0 Å². The molecule has 0 unspecified atom stereocenters. The quantitative estimate of drug-likeness (QED) is 0.290. The standard InChI is InChI=1S/C20H23N3O7S2/c21-19(27)15(8-11-3-5-13(24)6-4-11)22-20(28)12-9-14(18(26)16(25)10-12)23-32(29,30)17-2-1-7-31-17/h1-7,9,14-16,18,23-26H,8,10H2,(H2,21,27)(H,22,28)/t14-,15+,16-,18-/m1/s1. The Morgan fingerprint density at radius 1 is 1.19 bits per heavy atom. The molecule has 2 amide bonds. The van der Waals surface area contributed by atoms with Crippen LogP contribution in [0.3, 0.4) is 0 Å². The molecule has 0 saturated heterocycles. The first-order valence-electron chi connectivity index (χ1n) is 9.57. The third kappa shape index (κ3) is 5.72. The minimum absolute atomic E-state index is 0.00126. The number of amides is 2. The number of carbonyl (C=O) groups is 2. The molecule has 32 heavy (non-hydrogen) atoms. The lowest BCUT2D eigenvalue weighted by molar-refractivity contribution is -0.125. The van der Waals surface area contributed by atoms with Gasteiger partial charge in [-0.15, -0.1) is 11.3 Å². The first-order chi connectivity index (χ1) is 15.1. The Bertz CT molecular complexity index is 1100. The van der Waals surface area contributed by atoms with Crippen molar-refractivity contribution < 1.29 is 33.3 Å². The molecular formula is C20H23N3O7S2. The zero-order valence-corrected chi connectivity index (χ0v) is 18.3. The SMILES string of the molecule is NC(=O)[C@H](Cc1ccc(O)cc1)NC(=O)C1=C[C@@H](NS(=O)(=O)c2cccs2)[C@@H](O)[C@H](O)C1. The van der Waals surface area contributed by atoms with Crippen molar-refractivity contribution in [1.82, 2.24) is 10.0 Å². The van der Waals surface area contributed by atoms with E-state index in [-0.39, 0.29) is 28.4 Å². The molecule has 0 fully saturated rings. The lowest BCUT2D eigenvalue weighted by Crippen LogP contribution is -2.52. The number of nitrogens with two attached hydrogens (primary N) is 1. The van der Waals surface area contributed by atoms with Gasteiger partial charge >= 0.3 is 0 Å². The summed E-state index contributed by atoms with van der Waals surface area (Å²) in [5.41, 5.74) is 6.04. The van der Waals surface area contributed by atoms with E-state index in [2.05, 4.69) is 10.0 Å². The number of thiophene rings is 1. The van der Waals surface area contributed by atoms with E-state index in [9.17, 15) is 33.3 Å². The molecule has 0 bridgehead atoms. The van der Waals surface area contributed by atoms with Crippen LogP contribution in [-0.4, -0.2) is 59.8 Å². The maximum atomic E-state index is 12.8. The number of aromatic hydroxyl groups is 1. The van der Waals surface area contributed by atoms with Crippen LogP contribution in [0.1, 0.15) is 12.0 Å². The maximum absolute atomic E-state index is 12.8. The molecule has 1 heterocycles. The summed E-state index contributed by atoms with van der Waals surface area (Å²) >= 11 is 0.979. The fourth-order valence-electron chi connectivity index (χ4n) is 3.24. The maximum Gasteiger partial charge on any atom is 0.250 e. The molecule has 0 aliphatic heterocycles. The van der Waals surface area contributed by atoms with Crippen LogP contribution in [0.25, 0.3) is 0 Å². The number of benzene rings is 1. The van der Waals surface area contributed by atoms with Crippen LogP contribution in [0.15, 0.2) is 57.6 Å². The summed E-state index contributed by atoms with van der Waals surface area (Å²) in [6, 6.07) is 6.62. The zero-order chi connectivity index (χ0) is 23.5. The highest BCUT2D eigenvalue weighted by Crippen LogP contribution is 2.23. The Morgan fingerprint density at radius 3 is 2.47 bits per heavy atom. The van der Waals surface area contributed by atoms with Gasteiger partial charge < -0.3 is 26.4 Å². The van der Waals surface area contributed by atoms with E-state index in [0.29, 0.717) is 5.56 Å². The van der Waals surface area contributed by atoms with E-state index >= 15 is 0 Å². The van der Waals surface area contributed by atoms with Gasteiger partial charge in [-0.2, -0.15) is 0 Å². The highest BCUT2D eigenvalue weighted by atomic mass is 32.2. The molecule has 1 aromatic heterocycles. The van der Waals surface area contributed by atoms with E-state index in [1.165, 1.54) is 24.3 Å². The minimum Gasteiger partial charge on any atom is -0.508 e. The lowest BCUT2D eigenvalue weighted by Gasteiger charge is -2.31. The molecule has 0 radical (unpaired) electrons. The summed E-state index contributed by atoms with van der Waals surface area (Å²) in [6.07, 6.45) is -1.83. The Hall–Kier alpha value is -2.77. The van der Waals surface area contributed by atoms with Gasteiger partial charge in [0.05, 0.1) is 12.1 Å². The predicted molar refractivity (Wildman–Crippen MR) is 116 cm³/mol. The van der Waals surface area contributed by atoms with E-state index in [1.54, 1.807) is 23.6 Å². The normalized spacial score (nSPS) is 22.1. The molecule has 1 aliphatic carbocycles. The summed E-state index contributed by atoms with van der Waals surface area (Å²) in [7, 11) is -3.98. The number of nitrogens with one attached hydrogen (secondary N) is 2. The highest BCUT2D eigenvalue weighted by molar-refractivity contribution is 7.91. The second-order valence-electron chi connectivity index (χ2n) is 7.33. The molecular weight excluding hydrogens is 458 g/mol. The van der Waals surface area contributed by atoms with Crippen molar-refractivity contribution >= 4 is 33.2 Å². The number of phenolic OH excluding ortho intramolecular Hbond substituents is 1. The van der Waals surface area contributed by atoms with Crippen molar-refractivity contribution in [2.24, 2.45) is 5.73 Å². The number of phenols is 1. The Labute approximate surface area is 188 Å². The Morgan fingerprint density at radius 2 is 1.88 bits per heavy atom. The van der Waals surface area contributed by atoms with Crippen LogP contribution in [-0.2, 0) is 26.0 Å². The molecule has 0 saturated carbocycles. The van der Waals surface area contributed by atoms with E-state index in [4.69, 9.17) is 5.73 Å². The van der Waals surface area contributed by atoms with Gasteiger partial charge in [-0.3, -0.25) is 9.59 Å². The van der Waals surface area contributed by atoms with Gasteiger partial charge in [-0.25, -0.2) is 13.1 Å². The van der Waals surface area contributed by atoms with E-state index in [1.807, 2.05) is 0 Å². The summed E-state index contributed by atoms with van der Waals surface area (Å²) in [6.45, 7) is 0. The highest BCUT2D eigenvalue weighted by Gasteiger charge is 2.36. The fraction of sp³-hybridized carbons (Fsp3) is 0.300. The lowest BCUT2D eigenvalue weighted by atomic mass is 9.90. The predicted octanol–water partition coefficient (Wildman–Crippen LogP) is -0.635. The third-order valence-corrected chi connectivity index (χ3v) is 7.80. The molecule has 10 nitrogen and oxygen atoms in total. The van der Waals surface area contributed by atoms with E-state index < -0.39 is 46.1 Å². The van der Waals surface area contributed by atoms with Crippen LogP contribution >= 0.6 is 11.3 Å². The first-order valence-corrected chi connectivity index (χ1v) is 11.9. The molecule has 0 spiro atoms. The number of sulfonamides is 1. The Balaban J connectivity index is 1.76. The number of aliphatic hydroxyl groups excluding tert-OH is 2. The molecule has 172 valence electrons. The topological polar surface area (TPSA) is 179 Å². The molecule has 1 aromatic carbocycles. The summed E-state index contributed by atoms with van der Waals surface area (Å²) in [4.78, 5) is 24.6. The van der Waals surface area contributed by atoms with Gasteiger partial charge in [-0.05, 0) is 29.1 Å². The van der Waals surface area contributed by atoms with E-state index in [0.717, 1.165) is 11.3 Å². The smallest absolute Gasteiger partial charge is 0.250 e. The molecule has 12 heteroatoms. The number of hydrogen-bond donors (Lipinski definition) is 6. The third-order valence-electron chi connectivity index (χ3n) is 4.94. The van der Waals surface area contributed by atoms with Crippen molar-refractivity contribution in [3.8, 4) is 5.75 Å². The average Bonchev–Trinajstić information content (AvgIpc) is 3.28. The average molecular weight is 482 g/mol. The fourth-order valence-corrected chi connectivity index (χ4v) is 5.44. The molecule has 4 atom stereocenters. The Kier molecular flexibility index (Phi) is 7.31. The number of hydrogen-bond acceptors (Lipinski definition) is 8. The van der Waals surface area contributed by atoms with Crippen molar-refractivity contribution in [3.05, 3.63) is 59.0 Å². The van der Waals surface area contributed by atoms with Crippen LogP contribution < -0.4 is 15.8 Å². The number of primary amides is 1. The van der Waals surface area contributed by atoms with Gasteiger partial charge in [0, 0.05) is 18.4 Å². The minimum atomic E-state index is -3.98. The summed E-state index contributed by atoms with van der Waals surface area (Å²) < 4.78 is 27.3. The summed E-state index contributed by atoms with van der Waals surface area (Å²) in [5, 5.41) is 33.8. The van der Waals surface area contributed by atoms with Crippen LogP contribution in [0.4, 0.5) is 0 Å². The number of aliphatic hydroxyl groups is 2. The van der Waals surface area contributed by atoms with Gasteiger partial charge in [0.2, 0.25) is 11.8 Å². The van der Waals surface area contributed by atoms with Crippen LogP contribution in [0.5, 0.6) is 5.75 Å². The number of carbonyl (C=O) groups excluding carboxylic acids is 2. The number of rotatable bonds is 8. The van der Waals surface area contributed by atoms with Gasteiger partial charge in [0.1, 0.15) is 22.1 Å². The monoisotopic (exact) mass is 481 g/mol. The van der Waals surface area contributed by atoms with Gasteiger partial charge in [-0.1, -0.05) is 24.3 Å². The molecule has 3 rings (SSSR count). The largest absolute Gasteiger partial charge is 0.508 e. The second kappa shape index (κ2) is 9.79. The van der Waals surface area contributed by atoms with Gasteiger partial charge in [0.15, 0.2) is 0 Å². The van der Waals surface area contributed by atoms with Gasteiger partial charge in [0.25, 0.3) is 10.0 Å². The molecule has 7 N–H and O–H groups in total. The summed E-state index contributed by atoms with van der Waals surface area (Å²) in [5.74, 6) is -1.47. The zero-order valence-electron chi connectivity index (χ0n) is 16.7. The van der Waals surface area contributed by atoms with Crippen LogP contribution in [0.2, 0.25) is 0 Å². The van der Waals surface area contributed by atoms with Crippen molar-refractivity contribution in [2.45, 2.75) is 41.3 Å². The van der Waals surface area contributed by atoms with Crippen molar-refractivity contribution in [1.29, 1.82) is 0 Å². The molecule has 2 aromatic rings. The first kappa shape index (κ1) is 23.9. The second-order valence-corrected chi connectivity index (χ2v) is 10.2. The molecule has 1 aliphatic rings.